The molecule has 3 N–H and O–H groups in total. The summed E-state index contributed by atoms with van der Waals surface area (Å²) in [5, 5.41) is 7.55. The van der Waals surface area contributed by atoms with Crippen LogP contribution < -0.4 is 45.5 Å². The average Bonchev–Trinajstić information content (AvgIpc) is 2.61. The Hall–Kier alpha value is -0.170. The molecule has 1 fully saturated rings. The number of nitrogens with zero attached hydrogens (tertiary/aromatic N) is 1. The van der Waals surface area contributed by atoms with Gasteiger partial charge in [0.15, 0.2) is 0 Å². The van der Waals surface area contributed by atoms with Crippen LogP contribution in [0.25, 0.3) is 0 Å². The van der Waals surface area contributed by atoms with Crippen LogP contribution >= 0.6 is 11.6 Å². The Balaban J connectivity index is -0.000000207. The summed E-state index contributed by atoms with van der Waals surface area (Å²) in [5.74, 6) is 0.452. The summed E-state index contributed by atoms with van der Waals surface area (Å²) < 4.78 is 0. The minimum absolute atomic E-state index is 0. The number of likely N-dealkylation sites (N-methyl/N-ethyl adjacent to an activating group) is 1. The van der Waals surface area contributed by atoms with Gasteiger partial charge in [-0.05, 0) is 0 Å². The van der Waals surface area contributed by atoms with E-state index in [1.807, 2.05) is 0 Å². The third-order valence-corrected chi connectivity index (χ3v) is 1.87. The van der Waals surface area contributed by atoms with Crippen molar-refractivity contribution < 1.29 is 40.6 Å². The molecule has 8 heteroatoms. The van der Waals surface area contributed by atoms with Crippen molar-refractivity contribution in [2.75, 3.05) is 39.6 Å². The molecular weight excluding hydrogens is 243 g/mol. The molecular formula is C8H18ClN4NaO2. The van der Waals surface area contributed by atoms with Crippen LogP contribution in [0.4, 0.5) is 9.59 Å². The molecule has 4 amide bonds. The minimum atomic E-state index is -0.189. The summed E-state index contributed by atoms with van der Waals surface area (Å²) in [6, 6.07) is -0.148. The van der Waals surface area contributed by atoms with Gasteiger partial charge in [-0.3, -0.25) is 0 Å². The first kappa shape index (κ1) is 18.2. The van der Waals surface area contributed by atoms with Crippen LogP contribution in [0, 0.1) is 0 Å². The van der Waals surface area contributed by atoms with E-state index in [1.54, 1.807) is 19.0 Å². The van der Waals surface area contributed by atoms with E-state index in [0.717, 1.165) is 13.1 Å². The first-order valence-electron chi connectivity index (χ1n) is 4.62. The second kappa shape index (κ2) is 11.3. The number of nitrogens with one attached hydrogen (secondary N) is 3. The van der Waals surface area contributed by atoms with E-state index in [4.69, 9.17) is 11.6 Å². The van der Waals surface area contributed by atoms with Gasteiger partial charge in [0, 0.05) is 39.6 Å². The van der Waals surface area contributed by atoms with Crippen molar-refractivity contribution in [3.05, 3.63) is 0 Å². The van der Waals surface area contributed by atoms with E-state index in [2.05, 4.69) is 16.0 Å². The van der Waals surface area contributed by atoms with E-state index >= 15 is 0 Å². The van der Waals surface area contributed by atoms with Crippen LogP contribution in [0.2, 0.25) is 0 Å². The van der Waals surface area contributed by atoms with Crippen LogP contribution in [0.15, 0.2) is 0 Å². The molecule has 0 aromatic rings. The smallest absolute Gasteiger partial charge is 1.00 e. The maximum Gasteiger partial charge on any atom is 1.00 e. The third kappa shape index (κ3) is 9.08. The molecule has 16 heavy (non-hydrogen) atoms. The van der Waals surface area contributed by atoms with Crippen molar-refractivity contribution in [1.82, 2.24) is 20.9 Å². The van der Waals surface area contributed by atoms with Crippen molar-refractivity contribution in [2.45, 2.75) is 0 Å². The molecule has 0 spiro atoms. The molecule has 1 aliphatic rings. The van der Waals surface area contributed by atoms with Gasteiger partial charge in [-0.15, -0.1) is 11.6 Å². The molecule has 1 rings (SSSR count). The quantitative estimate of drug-likeness (QED) is 0.364. The normalized spacial score (nSPS) is 12.9. The number of hydrogen-bond donors (Lipinski definition) is 3. The van der Waals surface area contributed by atoms with E-state index in [1.165, 1.54) is 0 Å². The van der Waals surface area contributed by atoms with Crippen molar-refractivity contribution in [1.29, 1.82) is 0 Å². The van der Waals surface area contributed by atoms with Gasteiger partial charge in [-0.25, -0.2) is 9.59 Å². The number of hydrogen-bond acceptors (Lipinski definition) is 2. The van der Waals surface area contributed by atoms with E-state index in [9.17, 15) is 9.59 Å². The maximum atomic E-state index is 10.4. The number of rotatable bonds is 2. The Kier molecular flexibility index (Phi) is 12.9. The standard InChI is InChI=1S/C4H9ClN2O.C4H8N2O.Na.H/c1-6-4(8)7-3-2-5;1-6-3-2-5-4(6)7;;/h2-3H2,1H3,(H2,6,7,8);2-3H2,1H3,(H,5,7);;/q;;+1;-1. The van der Waals surface area contributed by atoms with Gasteiger partial charge in [0.2, 0.25) is 0 Å². The second-order valence-electron chi connectivity index (χ2n) is 2.85. The van der Waals surface area contributed by atoms with Crippen LogP contribution in [-0.2, 0) is 0 Å². The molecule has 0 atom stereocenters. The van der Waals surface area contributed by atoms with Gasteiger partial charge >= 0.3 is 41.6 Å². The maximum absolute atomic E-state index is 10.4. The zero-order valence-electron chi connectivity index (χ0n) is 11.0. The molecule has 90 valence electrons. The van der Waals surface area contributed by atoms with Gasteiger partial charge in [0.1, 0.15) is 0 Å². The predicted molar refractivity (Wildman–Crippen MR) is 60.3 cm³/mol. The van der Waals surface area contributed by atoms with Crippen molar-refractivity contribution in [2.24, 2.45) is 0 Å². The number of carbonyl (C=O) groups is 2. The number of urea groups is 2. The van der Waals surface area contributed by atoms with Crippen LogP contribution in [0.3, 0.4) is 0 Å². The zero-order chi connectivity index (χ0) is 11.7. The Labute approximate surface area is 124 Å². The molecule has 1 saturated heterocycles. The minimum Gasteiger partial charge on any atom is -1.00 e. The Bertz CT molecular complexity index is 224. The fourth-order valence-electron chi connectivity index (χ4n) is 0.816. The number of amides is 4. The molecule has 0 aromatic heterocycles. The Morgan fingerprint density at radius 3 is 2.56 bits per heavy atom. The fraction of sp³-hybridized carbons (Fsp3) is 0.750. The molecule has 6 nitrogen and oxygen atoms in total. The molecule has 0 saturated carbocycles. The van der Waals surface area contributed by atoms with E-state index < -0.39 is 0 Å². The first-order valence-corrected chi connectivity index (χ1v) is 5.15. The summed E-state index contributed by atoms with van der Waals surface area (Å²) in [5.41, 5.74) is 0. The number of alkyl halides is 1. The Morgan fingerprint density at radius 1 is 1.69 bits per heavy atom. The molecule has 0 radical (unpaired) electrons. The first-order chi connectivity index (χ1) is 7.11. The van der Waals surface area contributed by atoms with Crippen LogP contribution in [0.5, 0.6) is 0 Å². The summed E-state index contributed by atoms with van der Waals surface area (Å²) in [7, 11) is 3.34. The summed E-state index contributed by atoms with van der Waals surface area (Å²) in [4.78, 5) is 22.3. The predicted octanol–water partition coefficient (Wildman–Crippen LogP) is -3.09. The molecule has 0 aliphatic carbocycles. The summed E-state index contributed by atoms with van der Waals surface area (Å²) >= 11 is 5.26. The SMILES string of the molecule is CN1CCNC1=O.CNC(=O)NCCCl.[H-].[Na+]. The summed E-state index contributed by atoms with van der Waals surface area (Å²) in [6.45, 7) is 2.16. The molecule has 1 aliphatic heterocycles. The van der Waals surface area contributed by atoms with Crippen molar-refractivity contribution in [3.63, 3.8) is 0 Å². The molecule has 0 bridgehead atoms. The average molecular weight is 261 g/mol. The van der Waals surface area contributed by atoms with Crippen molar-refractivity contribution >= 4 is 23.7 Å². The van der Waals surface area contributed by atoms with Gasteiger partial charge in [0.05, 0.1) is 0 Å². The van der Waals surface area contributed by atoms with E-state index in [0.29, 0.717) is 12.4 Å². The fourth-order valence-corrected chi connectivity index (χ4v) is 0.911. The topological polar surface area (TPSA) is 73.5 Å². The summed E-state index contributed by atoms with van der Waals surface area (Å²) in [6.07, 6.45) is 0. The molecule has 0 aromatic carbocycles. The molecule has 0 unspecified atom stereocenters. The van der Waals surface area contributed by atoms with Gasteiger partial charge in [0.25, 0.3) is 0 Å². The number of halogens is 1. The molecule has 1 heterocycles. The van der Waals surface area contributed by atoms with Crippen LogP contribution in [-0.4, -0.2) is 56.6 Å². The van der Waals surface area contributed by atoms with Crippen LogP contribution in [0.1, 0.15) is 1.43 Å². The third-order valence-electron chi connectivity index (χ3n) is 1.68. The van der Waals surface area contributed by atoms with Crippen molar-refractivity contribution in [3.8, 4) is 0 Å². The number of carbonyl (C=O) groups excluding carboxylic acids is 2. The van der Waals surface area contributed by atoms with E-state index in [-0.39, 0.29) is 43.0 Å². The monoisotopic (exact) mass is 260 g/mol. The Morgan fingerprint density at radius 2 is 2.31 bits per heavy atom. The largest absolute Gasteiger partial charge is 1.00 e. The second-order valence-corrected chi connectivity index (χ2v) is 3.23. The van der Waals surface area contributed by atoms with Gasteiger partial charge in [-0.1, -0.05) is 0 Å². The van der Waals surface area contributed by atoms with Gasteiger partial charge in [-0.2, -0.15) is 0 Å². The van der Waals surface area contributed by atoms with Gasteiger partial charge < -0.3 is 22.3 Å². The zero-order valence-corrected chi connectivity index (χ0v) is 12.7.